The standard InChI is InChI=1S/C19H25N3O3/c1-13(2)11-21-9-7-14-10-16(5-6-17(14)21)20-19(25)22-8-3-4-15(12-22)18(23)24/h5-7,9-10,13,15H,3-4,8,11-12H2,1-2H3,(H,20,25)(H,23,24). The summed E-state index contributed by atoms with van der Waals surface area (Å²) in [7, 11) is 0. The molecule has 2 heterocycles. The molecule has 1 unspecified atom stereocenters. The highest BCUT2D eigenvalue weighted by Gasteiger charge is 2.28. The Morgan fingerprint density at radius 1 is 1.32 bits per heavy atom. The first-order valence-corrected chi connectivity index (χ1v) is 8.81. The highest BCUT2D eigenvalue weighted by Crippen LogP contribution is 2.23. The van der Waals surface area contributed by atoms with Crippen LogP contribution >= 0.6 is 0 Å². The fraction of sp³-hybridized carbons (Fsp3) is 0.474. The minimum atomic E-state index is -0.828. The summed E-state index contributed by atoms with van der Waals surface area (Å²) in [6.07, 6.45) is 3.42. The van der Waals surface area contributed by atoms with E-state index in [1.807, 2.05) is 18.2 Å². The summed E-state index contributed by atoms with van der Waals surface area (Å²) >= 11 is 0. The third kappa shape index (κ3) is 3.95. The van der Waals surface area contributed by atoms with E-state index in [-0.39, 0.29) is 12.6 Å². The molecular weight excluding hydrogens is 318 g/mol. The normalized spacial score (nSPS) is 17.9. The fourth-order valence-electron chi connectivity index (χ4n) is 3.40. The van der Waals surface area contributed by atoms with Crippen LogP contribution in [0, 0.1) is 11.8 Å². The number of fused-ring (bicyclic) bond motifs is 1. The van der Waals surface area contributed by atoms with Crippen molar-refractivity contribution in [2.24, 2.45) is 11.8 Å². The SMILES string of the molecule is CC(C)Cn1ccc2cc(NC(=O)N3CCCC(C(=O)O)C3)ccc21. The lowest BCUT2D eigenvalue weighted by Gasteiger charge is -2.30. The van der Waals surface area contributed by atoms with E-state index < -0.39 is 11.9 Å². The van der Waals surface area contributed by atoms with Crippen LogP contribution in [0.2, 0.25) is 0 Å². The first-order chi connectivity index (χ1) is 11.9. The number of nitrogens with one attached hydrogen (secondary N) is 1. The summed E-state index contributed by atoms with van der Waals surface area (Å²) in [6.45, 7) is 6.20. The highest BCUT2D eigenvalue weighted by molar-refractivity contribution is 5.93. The Hall–Kier alpha value is -2.50. The second-order valence-electron chi connectivity index (χ2n) is 7.19. The molecule has 1 aromatic heterocycles. The molecule has 1 fully saturated rings. The zero-order chi connectivity index (χ0) is 18.0. The largest absolute Gasteiger partial charge is 0.481 e. The molecule has 1 aromatic carbocycles. The van der Waals surface area contributed by atoms with E-state index in [1.54, 1.807) is 4.90 Å². The van der Waals surface area contributed by atoms with Crippen molar-refractivity contribution in [1.29, 1.82) is 0 Å². The number of likely N-dealkylation sites (tertiary alicyclic amines) is 1. The predicted octanol–water partition coefficient (Wildman–Crippen LogP) is 3.63. The van der Waals surface area contributed by atoms with Gasteiger partial charge in [0.05, 0.1) is 5.92 Å². The molecule has 0 aliphatic carbocycles. The number of piperidine rings is 1. The number of hydrogen-bond donors (Lipinski definition) is 2. The average Bonchev–Trinajstić information content (AvgIpc) is 2.96. The van der Waals surface area contributed by atoms with Crippen LogP contribution < -0.4 is 5.32 Å². The number of amides is 2. The van der Waals surface area contributed by atoms with Crippen LogP contribution in [0.3, 0.4) is 0 Å². The third-order valence-electron chi connectivity index (χ3n) is 4.64. The van der Waals surface area contributed by atoms with Crippen molar-refractivity contribution < 1.29 is 14.7 Å². The molecule has 2 amide bonds. The van der Waals surface area contributed by atoms with Gasteiger partial charge in [0, 0.05) is 42.4 Å². The maximum Gasteiger partial charge on any atom is 0.321 e. The maximum atomic E-state index is 12.4. The number of urea groups is 1. The molecule has 0 bridgehead atoms. The second-order valence-corrected chi connectivity index (χ2v) is 7.19. The molecule has 25 heavy (non-hydrogen) atoms. The van der Waals surface area contributed by atoms with Gasteiger partial charge in [-0.2, -0.15) is 0 Å². The monoisotopic (exact) mass is 343 g/mol. The predicted molar refractivity (Wildman–Crippen MR) is 97.7 cm³/mol. The highest BCUT2D eigenvalue weighted by atomic mass is 16.4. The topological polar surface area (TPSA) is 74.6 Å². The second kappa shape index (κ2) is 7.17. The number of nitrogens with zero attached hydrogens (tertiary/aromatic N) is 2. The summed E-state index contributed by atoms with van der Waals surface area (Å²) < 4.78 is 2.22. The van der Waals surface area contributed by atoms with Gasteiger partial charge in [-0.15, -0.1) is 0 Å². The van der Waals surface area contributed by atoms with Crippen LogP contribution in [0.1, 0.15) is 26.7 Å². The van der Waals surface area contributed by atoms with Gasteiger partial charge in [0.25, 0.3) is 0 Å². The van der Waals surface area contributed by atoms with E-state index >= 15 is 0 Å². The van der Waals surface area contributed by atoms with Crippen LogP contribution in [0.4, 0.5) is 10.5 Å². The molecule has 2 aromatic rings. The first-order valence-electron chi connectivity index (χ1n) is 8.81. The summed E-state index contributed by atoms with van der Waals surface area (Å²) in [6, 6.07) is 7.70. The molecule has 1 saturated heterocycles. The van der Waals surface area contributed by atoms with Gasteiger partial charge in [0.2, 0.25) is 0 Å². The first kappa shape index (κ1) is 17.3. The minimum Gasteiger partial charge on any atom is -0.481 e. The molecule has 3 rings (SSSR count). The number of anilines is 1. The van der Waals surface area contributed by atoms with Gasteiger partial charge in [-0.3, -0.25) is 4.79 Å². The Labute approximate surface area is 147 Å². The minimum absolute atomic E-state index is 0.230. The summed E-state index contributed by atoms with van der Waals surface area (Å²) in [4.78, 5) is 25.2. The van der Waals surface area contributed by atoms with Gasteiger partial charge in [-0.05, 0) is 43.0 Å². The molecule has 2 N–H and O–H groups in total. The number of benzene rings is 1. The molecule has 0 saturated carbocycles. The molecule has 0 radical (unpaired) electrons. The van der Waals surface area contributed by atoms with Crippen molar-refractivity contribution in [2.75, 3.05) is 18.4 Å². The molecule has 1 atom stereocenters. The Bertz CT molecular complexity index is 781. The lowest BCUT2D eigenvalue weighted by molar-refractivity contribution is -0.143. The van der Waals surface area contributed by atoms with Crippen LogP contribution in [-0.2, 0) is 11.3 Å². The van der Waals surface area contributed by atoms with E-state index in [1.165, 1.54) is 0 Å². The smallest absolute Gasteiger partial charge is 0.321 e. The van der Waals surface area contributed by atoms with Gasteiger partial charge in [-0.25, -0.2) is 4.79 Å². The van der Waals surface area contributed by atoms with E-state index in [2.05, 4.69) is 36.0 Å². The lowest BCUT2D eigenvalue weighted by Crippen LogP contribution is -2.44. The van der Waals surface area contributed by atoms with E-state index in [0.29, 0.717) is 18.9 Å². The lowest BCUT2D eigenvalue weighted by atomic mass is 9.99. The zero-order valence-electron chi connectivity index (χ0n) is 14.7. The Morgan fingerprint density at radius 3 is 2.84 bits per heavy atom. The number of carboxylic acids is 1. The van der Waals surface area contributed by atoms with Crippen molar-refractivity contribution in [1.82, 2.24) is 9.47 Å². The summed E-state index contributed by atoms with van der Waals surface area (Å²) in [5.74, 6) is -0.728. The number of carboxylic acid groups (broad SMARTS) is 1. The molecule has 1 aliphatic heterocycles. The Morgan fingerprint density at radius 2 is 2.12 bits per heavy atom. The molecular formula is C19H25N3O3. The average molecular weight is 343 g/mol. The Kier molecular flexibility index (Phi) is 4.97. The van der Waals surface area contributed by atoms with Crippen LogP contribution in [0.5, 0.6) is 0 Å². The van der Waals surface area contributed by atoms with Gasteiger partial charge in [0.15, 0.2) is 0 Å². The Balaban J connectivity index is 1.70. The molecule has 6 nitrogen and oxygen atoms in total. The third-order valence-corrected chi connectivity index (χ3v) is 4.64. The van der Waals surface area contributed by atoms with Gasteiger partial charge in [-0.1, -0.05) is 13.8 Å². The van der Waals surface area contributed by atoms with E-state index in [0.717, 1.165) is 29.6 Å². The van der Waals surface area contributed by atoms with Crippen LogP contribution in [-0.4, -0.2) is 39.7 Å². The van der Waals surface area contributed by atoms with Crippen molar-refractivity contribution in [3.05, 3.63) is 30.5 Å². The number of carbonyl (C=O) groups excluding carboxylic acids is 1. The van der Waals surface area contributed by atoms with Crippen molar-refractivity contribution >= 4 is 28.6 Å². The fourth-order valence-corrected chi connectivity index (χ4v) is 3.40. The summed E-state index contributed by atoms with van der Waals surface area (Å²) in [5, 5.41) is 13.1. The number of aliphatic carboxylic acids is 1. The number of carbonyl (C=O) groups is 2. The number of aromatic nitrogens is 1. The number of rotatable bonds is 4. The van der Waals surface area contributed by atoms with Crippen LogP contribution in [0.25, 0.3) is 10.9 Å². The van der Waals surface area contributed by atoms with Crippen LogP contribution in [0.15, 0.2) is 30.5 Å². The molecule has 6 heteroatoms. The van der Waals surface area contributed by atoms with E-state index in [9.17, 15) is 9.59 Å². The van der Waals surface area contributed by atoms with Gasteiger partial charge < -0.3 is 19.9 Å². The van der Waals surface area contributed by atoms with Crippen molar-refractivity contribution in [3.63, 3.8) is 0 Å². The van der Waals surface area contributed by atoms with Crippen molar-refractivity contribution in [3.8, 4) is 0 Å². The zero-order valence-corrected chi connectivity index (χ0v) is 14.7. The van der Waals surface area contributed by atoms with Gasteiger partial charge >= 0.3 is 12.0 Å². The quantitative estimate of drug-likeness (QED) is 0.890. The molecule has 1 aliphatic rings. The maximum absolute atomic E-state index is 12.4. The van der Waals surface area contributed by atoms with Gasteiger partial charge in [0.1, 0.15) is 0 Å². The number of hydrogen-bond acceptors (Lipinski definition) is 2. The van der Waals surface area contributed by atoms with Crippen molar-refractivity contribution in [2.45, 2.75) is 33.2 Å². The summed E-state index contributed by atoms with van der Waals surface area (Å²) in [5.41, 5.74) is 1.88. The molecule has 134 valence electrons. The van der Waals surface area contributed by atoms with E-state index in [4.69, 9.17) is 5.11 Å². The molecule has 0 spiro atoms.